The van der Waals surface area contributed by atoms with E-state index in [1.807, 2.05) is 18.2 Å². The summed E-state index contributed by atoms with van der Waals surface area (Å²) in [4.78, 5) is 10.6. The molecule has 0 saturated heterocycles. The molecule has 3 heteroatoms. The molecule has 0 bridgehead atoms. The van der Waals surface area contributed by atoms with E-state index in [0.29, 0.717) is 5.92 Å². The van der Waals surface area contributed by atoms with E-state index in [-0.39, 0.29) is 5.92 Å². The molecule has 1 fully saturated rings. The van der Waals surface area contributed by atoms with Gasteiger partial charge in [0.2, 0.25) is 0 Å². The topological polar surface area (TPSA) is 35.5 Å². The minimum Gasteiger partial charge on any atom is -0.497 e. The number of benzene rings is 1. The van der Waals surface area contributed by atoms with Gasteiger partial charge in [0.25, 0.3) is 0 Å². The third kappa shape index (κ3) is 1.82. The lowest BCUT2D eigenvalue weighted by molar-refractivity contribution is -0.108. The fraction of sp³-hybridized carbons (Fsp3) is 0.417. The van der Waals surface area contributed by atoms with Gasteiger partial charge in [0.1, 0.15) is 17.8 Å². The zero-order valence-electron chi connectivity index (χ0n) is 8.90. The average molecular weight is 206 g/mol. The zero-order valence-corrected chi connectivity index (χ0v) is 8.90. The molecule has 0 heterocycles. The summed E-state index contributed by atoms with van der Waals surface area (Å²) in [6.45, 7) is 0. The first-order valence-electron chi connectivity index (χ1n) is 4.97. The van der Waals surface area contributed by atoms with Crippen molar-refractivity contribution in [3.8, 4) is 11.5 Å². The lowest BCUT2D eigenvalue weighted by atomic mass is 10.1. The summed E-state index contributed by atoms with van der Waals surface area (Å²) in [5, 5.41) is 0. The van der Waals surface area contributed by atoms with E-state index in [1.54, 1.807) is 14.2 Å². The second-order valence-electron chi connectivity index (χ2n) is 3.75. The van der Waals surface area contributed by atoms with E-state index in [4.69, 9.17) is 9.47 Å². The van der Waals surface area contributed by atoms with Gasteiger partial charge in [0, 0.05) is 12.0 Å². The highest BCUT2D eigenvalue weighted by molar-refractivity contribution is 5.63. The Balaban J connectivity index is 2.27. The maximum atomic E-state index is 10.6. The number of rotatable bonds is 4. The van der Waals surface area contributed by atoms with E-state index in [9.17, 15) is 4.79 Å². The highest BCUT2D eigenvalue weighted by Gasteiger charge is 2.39. The first kappa shape index (κ1) is 10.0. The standard InChI is InChI=1S/C12H14O3/c1-14-9-3-4-10(12(6-9)15-2)11-5-8(11)7-13/h3-4,6-8,11H,5H2,1-2H3/t8-,11-/m1/s1. The van der Waals surface area contributed by atoms with E-state index >= 15 is 0 Å². The van der Waals surface area contributed by atoms with Gasteiger partial charge in [-0.25, -0.2) is 0 Å². The molecule has 0 amide bonds. The van der Waals surface area contributed by atoms with Gasteiger partial charge in [-0.1, -0.05) is 6.07 Å². The van der Waals surface area contributed by atoms with Crippen molar-refractivity contribution in [1.29, 1.82) is 0 Å². The first-order valence-corrected chi connectivity index (χ1v) is 4.97. The summed E-state index contributed by atoms with van der Waals surface area (Å²) in [6, 6.07) is 5.74. The molecule has 0 N–H and O–H groups in total. The third-order valence-corrected chi connectivity index (χ3v) is 2.85. The monoisotopic (exact) mass is 206 g/mol. The fourth-order valence-electron chi connectivity index (χ4n) is 1.85. The first-order chi connectivity index (χ1) is 7.30. The number of carbonyl (C=O) groups is 1. The third-order valence-electron chi connectivity index (χ3n) is 2.85. The maximum Gasteiger partial charge on any atom is 0.126 e. The van der Waals surface area contributed by atoms with Gasteiger partial charge in [-0.15, -0.1) is 0 Å². The van der Waals surface area contributed by atoms with Crippen LogP contribution >= 0.6 is 0 Å². The molecule has 1 aliphatic carbocycles. The number of ether oxygens (including phenoxy) is 2. The van der Waals surface area contributed by atoms with E-state index in [1.165, 1.54) is 0 Å². The van der Waals surface area contributed by atoms with E-state index < -0.39 is 0 Å². The summed E-state index contributed by atoms with van der Waals surface area (Å²) in [5.41, 5.74) is 1.11. The lowest BCUT2D eigenvalue weighted by Gasteiger charge is -2.09. The number of hydrogen-bond acceptors (Lipinski definition) is 3. The van der Waals surface area contributed by atoms with Gasteiger partial charge in [0.15, 0.2) is 0 Å². The van der Waals surface area contributed by atoms with Gasteiger partial charge < -0.3 is 14.3 Å². The van der Waals surface area contributed by atoms with Crippen LogP contribution < -0.4 is 9.47 Å². The van der Waals surface area contributed by atoms with Crippen molar-refractivity contribution in [2.45, 2.75) is 12.3 Å². The molecule has 0 spiro atoms. The molecule has 1 aliphatic rings. The Labute approximate surface area is 89.0 Å². The van der Waals surface area contributed by atoms with Gasteiger partial charge in [-0.3, -0.25) is 0 Å². The molecule has 0 aliphatic heterocycles. The van der Waals surface area contributed by atoms with Crippen LogP contribution in [0.5, 0.6) is 11.5 Å². The molecule has 1 saturated carbocycles. The summed E-state index contributed by atoms with van der Waals surface area (Å²) < 4.78 is 10.4. The van der Waals surface area contributed by atoms with Gasteiger partial charge >= 0.3 is 0 Å². The average Bonchev–Trinajstić information content (AvgIpc) is 3.07. The van der Waals surface area contributed by atoms with Gasteiger partial charge in [-0.2, -0.15) is 0 Å². The van der Waals surface area contributed by atoms with Crippen molar-refractivity contribution in [2.75, 3.05) is 14.2 Å². The van der Waals surface area contributed by atoms with E-state index in [0.717, 1.165) is 29.8 Å². The predicted octanol–water partition coefficient (Wildman–Crippen LogP) is 2.01. The van der Waals surface area contributed by atoms with Crippen LogP contribution in [0.1, 0.15) is 17.9 Å². The number of carbonyl (C=O) groups excluding carboxylic acids is 1. The molecule has 0 radical (unpaired) electrons. The van der Waals surface area contributed by atoms with Crippen molar-refractivity contribution >= 4 is 6.29 Å². The summed E-state index contributed by atoms with van der Waals surface area (Å²) in [7, 11) is 3.26. The largest absolute Gasteiger partial charge is 0.497 e. The summed E-state index contributed by atoms with van der Waals surface area (Å²) in [5.74, 6) is 2.10. The number of hydrogen-bond donors (Lipinski definition) is 0. The minimum atomic E-state index is 0.173. The maximum absolute atomic E-state index is 10.6. The highest BCUT2D eigenvalue weighted by atomic mass is 16.5. The van der Waals surface area contributed by atoms with E-state index in [2.05, 4.69) is 0 Å². The molecule has 15 heavy (non-hydrogen) atoms. The Morgan fingerprint density at radius 2 is 2.13 bits per heavy atom. The highest BCUT2D eigenvalue weighted by Crippen LogP contribution is 2.49. The van der Waals surface area contributed by atoms with Crippen molar-refractivity contribution in [3.63, 3.8) is 0 Å². The molecule has 3 nitrogen and oxygen atoms in total. The second-order valence-corrected chi connectivity index (χ2v) is 3.75. The predicted molar refractivity (Wildman–Crippen MR) is 56.5 cm³/mol. The molecule has 0 aromatic heterocycles. The Kier molecular flexibility index (Phi) is 2.62. The lowest BCUT2D eigenvalue weighted by Crippen LogP contribution is -1.93. The minimum absolute atomic E-state index is 0.173. The van der Waals surface area contributed by atoms with Crippen LogP contribution in [0.25, 0.3) is 0 Å². The second kappa shape index (κ2) is 3.93. The van der Waals surface area contributed by atoms with Crippen LogP contribution in [0.3, 0.4) is 0 Å². The smallest absolute Gasteiger partial charge is 0.126 e. The van der Waals surface area contributed by atoms with Crippen molar-refractivity contribution < 1.29 is 14.3 Å². The molecule has 1 aromatic carbocycles. The Bertz CT molecular complexity index is 373. The van der Waals surface area contributed by atoms with Crippen molar-refractivity contribution in [2.24, 2.45) is 5.92 Å². The summed E-state index contributed by atoms with van der Waals surface area (Å²) in [6.07, 6.45) is 1.96. The van der Waals surface area contributed by atoms with Crippen LogP contribution in [0, 0.1) is 5.92 Å². The van der Waals surface area contributed by atoms with Crippen LogP contribution in [-0.2, 0) is 4.79 Å². The summed E-state index contributed by atoms with van der Waals surface area (Å²) >= 11 is 0. The molecular weight excluding hydrogens is 192 g/mol. The molecule has 2 atom stereocenters. The van der Waals surface area contributed by atoms with Crippen LogP contribution in [0.15, 0.2) is 18.2 Å². The van der Waals surface area contributed by atoms with Crippen molar-refractivity contribution in [3.05, 3.63) is 23.8 Å². The zero-order chi connectivity index (χ0) is 10.8. The Morgan fingerprint density at radius 1 is 1.33 bits per heavy atom. The van der Waals surface area contributed by atoms with Gasteiger partial charge in [-0.05, 0) is 24.0 Å². The quantitative estimate of drug-likeness (QED) is 0.707. The van der Waals surface area contributed by atoms with Crippen molar-refractivity contribution in [1.82, 2.24) is 0 Å². The normalized spacial score (nSPS) is 23.3. The van der Waals surface area contributed by atoms with Gasteiger partial charge in [0.05, 0.1) is 14.2 Å². The molecule has 2 rings (SSSR count). The molecule has 1 aromatic rings. The number of methoxy groups -OCH3 is 2. The van der Waals surface area contributed by atoms with Crippen LogP contribution in [-0.4, -0.2) is 20.5 Å². The SMILES string of the molecule is COc1ccc([C@@H]2C[C@@H]2C=O)c(OC)c1. The molecule has 80 valence electrons. The van der Waals surface area contributed by atoms with Crippen LogP contribution in [0.4, 0.5) is 0 Å². The molecule has 0 unspecified atom stereocenters. The molecular formula is C12H14O3. The Morgan fingerprint density at radius 3 is 2.67 bits per heavy atom. The van der Waals surface area contributed by atoms with Crippen LogP contribution in [0.2, 0.25) is 0 Å². The number of aldehydes is 1. The fourth-order valence-corrected chi connectivity index (χ4v) is 1.85. The Hall–Kier alpha value is -1.51.